The van der Waals surface area contributed by atoms with Gasteiger partial charge in [-0.3, -0.25) is 4.31 Å². The van der Waals surface area contributed by atoms with Crippen molar-refractivity contribution in [3.8, 4) is 0 Å². The molecule has 0 unspecified atom stereocenters. The third-order valence-electron chi connectivity index (χ3n) is 3.09. The first-order valence-corrected chi connectivity index (χ1v) is 7.55. The average molecular weight is 345 g/mol. The van der Waals surface area contributed by atoms with E-state index in [1.165, 1.54) is 0 Å². The molecule has 0 amide bonds. The second-order valence-electron chi connectivity index (χ2n) is 4.52. The highest BCUT2D eigenvalue weighted by Gasteiger charge is 2.24. The summed E-state index contributed by atoms with van der Waals surface area (Å²) in [4.78, 5) is 10.4. The number of carboxylic acids is 1. The van der Waals surface area contributed by atoms with E-state index in [0.29, 0.717) is 22.5 Å². The largest absolute Gasteiger partial charge is 0.478 e. The molecule has 2 aromatic rings. The summed E-state index contributed by atoms with van der Waals surface area (Å²) in [6, 6.07) is 4.71. The molecule has 2 rings (SSSR count). The Balaban J connectivity index is 2.51. The number of rotatable bonds is 4. The van der Waals surface area contributed by atoms with E-state index in [0.717, 1.165) is 25.2 Å². The minimum atomic E-state index is -4.28. The lowest BCUT2D eigenvalue weighted by Gasteiger charge is -2.20. The average Bonchev–Trinajstić information content (AvgIpc) is 2.49. The van der Waals surface area contributed by atoms with Crippen LogP contribution in [0.4, 0.5) is 18.9 Å². The zero-order valence-corrected chi connectivity index (χ0v) is 12.4. The summed E-state index contributed by atoms with van der Waals surface area (Å²) in [5, 5.41) is 8.84. The van der Waals surface area contributed by atoms with E-state index in [9.17, 15) is 26.4 Å². The fourth-order valence-corrected chi connectivity index (χ4v) is 3.02. The molecule has 0 radical (unpaired) electrons. The Labute approximate surface area is 129 Å². The van der Waals surface area contributed by atoms with Gasteiger partial charge in [0.2, 0.25) is 0 Å². The third kappa shape index (κ3) is 3.14. The summed E-state index contributed by atoms with van der Waals surface area (Å²) in [6.45, 7) is 0. The second kappa shape index (κ2) is 5.92. The zero-order chi connectivity index (χ0) is 17.4. The van der Waals surface area contributed by atoms with Gasteiger partial charge in [0.1, 0.15) is 5.82 Å². The SMILES string of the molecule is CN(c1ccc(F)c(F)c1)S(=O)(=O)c1ccc(F)c(C(=O)O)c1. The van der Waals surface area contributed by atoms with Crippen LogP contribution in [0.5, 0.6) is 0 Å². The van der Waals surface area contributed by atoms with Crippen molar-refractivity contribution in [1.29, 1.82) is 0 Å². The van der Waals surface area contributed by atoms with E-state index in [-0.39, 0.29) is 5.69 Å². The number of halogens is 3. The molecule has 0 aliphatic rings. The lowest BCUT2D eigenvalue weighted by Crippen LogP contribution is -2.27. The van der Waals surface area contributed by atoms with E-state index < -0.39 is 43.9 Å². The van der Waals surface area contributed by atoms with Gasteiger partial charge in [-0.2, -0.15) is 0 Å². The van der Waals surface area contributed by atoms with Crippen LogP contribution in [0.1, 0.15) is 10.4 Å². The van der Waals surface area contributed by atoms with Gasteiger partial charge in [0.05, 0.1) is 16.1 Å². The van der Waals surface area contributed by atoms with Crippen LogP contribution >= 0.6 is 0 Å². The van der Waals surface area contributed by atoms with Gasteiger partial charge < -0.3 is 5.11 Å². The van der Waals surface area contributed by atoms with Gasteiger partial charge in [-0.1, -0.05) is 0 Å². The number of sulfonamides is 1. The van der Waals surface area contributed by atoms with Crippen molar-refractivity contribution in [2.75, 3.05) is 11.4 Å². The second-order valence-corrected chi connectivity index (χ2v) is 6.49. The summed E-state index contributed by atoms with van der Waals surface area (Å²) in [7, 11) is -3.20. The van der Waals surface area contributed by atoms with Gasteiger partial charge in [0.15, 0.2) is 11.6 Å². The van der Waals surface area contributed by atoms with E-state index in [1.54, 1.807) is 0 Å². The Bertz CT molecular complexity index is 884. The molecule has 9 heteroatoms. The Morgan fingerprint density at radius 1 is 1.00 bits per heavy atom. The molecule has 0 saturated heterocycles. The van der Waals surface area contributed by atoms with Crippen LogP contribution in [0, 0.1) is 17.5 Å². The van der Waals surface area contributed by atoms with Crippen LogP contribution in [-0.4, -0.2) is 26.5 Å². The first-order valence-electron chi connectivity index (χ1n) is 6.11. The van der Waals surface area contributed by atoms with Crippen molar-refractivity contribution in [3.63, 3.8) is 0 Å². The number of anilines is 1. The lowest BCUT2D eigenvalue weighted by molar-refractivity contribution is 0.0691. The van der Waals surface area contributed by atoms with Crippen molar-refractivity contribution in [3.05, 3.63) is 59.4 Å². The van der Waals surface area contributed by atoms with Crippen LogP contribution in [0.3, 0.4) is 0 Å². The minimum absolute atomic E-state index is 0.176. The molecular weight excluding hydrogens is 335 g/mol. The molecule has 2 aromatic carbocycles. The number of benzene rings is 2. The number of hydrogen-bond donors (Lipinski definition) is 1. The summed E-state index contributed by atoms with van der Waals surface area (Å²) in [5.74, 6) is -5.11. The molecule has 0 heterocycles. The standard InChI is InChI=1S/C14H10F3NO4S/c1-18(8-2-4-12(16)13(17)6-8)23(21,22)9-3-5-11(15)10(7-9)14(19)20/h2-7H,1H3,(H,19,20). The van der Waals surface area contributed by atoms with Gasteiger partial charge in [-0.15, -0.1) is 0 Å². The molecule has 0 aliphatic heterocycles. The highest BCUT2D eigenvalue weighted by Crippen LogP contribution is 2.25. The molecule has 0 atom stereocenters. The van der Waals surface area contributed by atoms with Crippen molar-refractivity contribution in [2.24, 2.45) is 0 Å². The van der Waals surface area contributed by atoms with Crippen molar-refractivity contribution >= 4 is 21.7 Å². The number of hydrogen-bond acceptors (Lipinski definition) is 3. The topological polar surface area (TPSA) is 74.7 Å². The smallest absolute Gasteiger partial charge is 0.338 e. The Hall–Kier alpha value is -2.55. The Kier molecular flexibility index (Phi) is 4.33. The Morgan fingerprint density at radius 3 is 2.17 bits per heavy atom. The molecule has 1 N–H and O–H groups in total. The van der Waals surface area contributed by atoms with Gasteiger partial charge in [-0.05, 0) is 30.3 Å². The summed E-state index contributed by atoms with van der Waals surface area (Å²) < 4.78 is 64.9. The van der Waals surface area contributed by atoms with Crippen LogP contribution in [0.2, 0.25) is 0 Å². The number of carboxylic acid groups (broad SMARTS) is 1. The Morgan fingerprint density at radius 2 is 1.61 bits per heavy atom. The normalized spacial score (nSPS) is 11.3. The van der Waals surface area contributed by atoms with E-state index >= 15 is 0 Å². The maximum absolute atomic E-state index is 13.3. The van der Waals surface area contributed by atoms with Gasteiger partial charge in [-0.25, -0.2) is 26.4 Å². The fraction of sp³-hybridized carbons (Fsp3) is 0.0714. The maximum atomic E-state index is 13.3. The highest BCUT2D eigenvalue weighted by molar-refractivity contribution is 7.92. The van der Waals surface area contributed by atoms with Crippen LogP contribution < -0.4 is 4.31 Å². The number of nitrogens with zero attached hydrogens (tertiary/aromatic N) is 1. The van der Waals surface area contributed by atoms with Gasteiger partial charge in [0, 0.05) is 13.1 Å². The summed E-state index contributed by atoms with van der Waals surface area (Å²) in [5.41, 5.74) is -0.991. The van der Waals surface area contributed by atoms with Crippen molar-refractivity contribution < 1.29 is 31.5 Å². The number of aromatic carboxylic acids is 1. The van der Waals surface area contributed by atoms with Gasteiger partial charge >= 0.3 is 5.97 Å². The molecule has 5 nitrogen and oxygen atoms in total. The van der Waals surface area contributed by atoms with E-state index in [2.05, 4.69) is 0 Å². The van der Waals surface area contributed by atoms with Gasteiger partial charge in [0.25, 0.3) is 10.0 Å². The first-order chi connectivity index (χ1) is 10.6. The predicted octanol–water partition coefficient (Wildman–Crippen LogP) is 2.63. The van der Waals surface area contributed by atoms with E-state index in [1.807, 2.05) is 0 Å². The van der Waals surface area contributed by atoms with Crippen molar-refractivity contribution in [1.82, 2.24) is 0 Å². The molecule has 0 bridgehead atoms. The number of carbonyl (C=O) groups is 1. The minimum Gasteiger partial charge on any atom is -0.478 e. The highest BCUT2D eigenvalue weighted by atomic mass is 32.2. The predicted molar refractivity (Wildman–Crippen MR) is 75.3 cm³/mol. The molecule has 0 fully saturated rings. The lowest BCUT2D eigenvalue weighted by atomic mass is 10.2. The maximum Gasteiger partial charge on any atom is 0.338 e. The quantitative estimate of drug-likeness (QED) is 0.924. The fourth-order valence-electron chi connectivity index (χ4n) is 1.81. The third-order valence-corrected chi connectivity index (χ3v) is 4.87. The van der Waals surface area contributed by atoms with Crippen LogP contribution in [-0.2, 0) is 10.0 Å². The summed E-state index contributed by atoms with van der Waals surface area (Å²) in [6.07, 6.45) is 0. The molecule has 0 aromatic heterocycles. The monoisotopic (exact) mass is 345 g/mol. The molecule has 0 saturated carbocycles. The zero-order valence-electron chi connectivity index (χ0n) is 11.6. The van der Waals surface area contributed by atoms with E-state index in [4.69, 9.17) is 5.11 Å². The molecular formula is C14H10F3NO4S. The molecule has 0 spiro atoms. The van der Waals surface area contributed by atoms with Crippen LogP contribution in [0.25, 0.3) is 0 Å². The van der Waals surface area contributed by atoms with Crippen LogP contribution in [0.15, 0.2) is 41.3 Å². The first kappa shape index (κ1) is 16.8. The van der Waals surface area contributed by atoms with Crippen molar-refractivity contribution in [2.45, 2.75) is 4.90 Å². The molecule has 23 heavy (non-hydrogen) atoms. The molecule has 0 aliphatic carbocycles. The summed E-state index contributed by atoms with van der Waals surface area (Å²) >= 11 is 0. The molecule has 122 valence electrons.